The number of primary amides is 1. The average Bonchev–Trinajstić information content (AvgIpc) is 2.40. The lowest BCUT2D eigenvalue weighted by atomic mass is 9.99. The molecule has 4 heteroatoms. The summed E-state index contributed by atoms with van der Waals surface area (Å²) in [4.78, 5) is 10.7. The zero-order chi connectivity index (χ0) is 13.7. The van der Waals surface area contributed by atoms with Crippen LogP contribution in [0.5, 0.6) is 0 Å². The monoisotopic (exact) mass is 258 g/mol. The van der Waals surface area contributed by atoms with Gasteiger partial charge in [0.2, 0.25) is 5.91 Å². The number of hydrogen-bond acceptors (Lipinski definition) is 2. The molecule has 3 nitrogen and oxygen atoms in total. The van der Waals surface area contributed by atoms with Crippen LogP contribution in [0, 0.1) is 5.82 Å². The maximum atomic E-state index is 13.8. The molecule has 0 aliphatic carbocycles. The van der Waals surface area contributed by atoms with E-state index in [0.717, 1.165) is 11.1 Å². The van der Waals surface area contributed by atoms with Gasteiger partial charge in [-0.15, -0.1) is 0 Å². The zero-order valence-electron chi connectivity index (χ0n) is 10.4. The minimum Gasteiger partial charge on any atom is -0.369 e. The van der Waals surface area contributed by atoms with Gasteiger partial charge in [0.1, 0.15) is 5.82 Å². The number of nitrogens with one attached hydrogen (secondary N) is 1. The second-order valence-corrected chi connectivity index (χ2v) is 4.21. The first-order valence-electron chi connectivity index (χ1n) is 6.00. The zero-order valence-corrected chi connectivity index (χ0v) is 10.4. The van der Waals surface area contributed by atoms with Crippen LogP contribution >= 0.6 is 0 Å². The van der Waals surface area contributed by atoms with Crippen molar-refractivity contribution >= 4 is 5.91 Å². The molecule has 0 heterocycles. The summed E-state index contributed by atoms with van der Waals surface area (Å²) in [5, 5.41) is 2.93. The van der Waals surface area contributed by atoms with Gasteiger partial charge in [-0.25, -0.2) is 4.39 Å². The maximum Gasteiger partial charge on any atom is 0.231 e. The van der Waals surface area contributed by atoms with Gasteiger partial charge in [0.15, 0.2) is 0 Å². The van der Waals surface area contributed by atoms with Crippen molar-refractivity contribution in [2.75, 3.05) is 6.54 Å². The second-order valence-electron chi connectivity index (χ2n) is 4.21. The van der Waals surface area contributed by atoms with Crippen LogP contribution in [0.15, 0.2) is 48.5 Å². The quantitative estimate of drug-likeness (QED) is 0.862. The van der Waals surface area contributed by atoms with E-state index < -0.39 is 5.91 Å². The van der Waals surface area contributed by atoms with Crippen molar-refractivity contribution in [3.05, 3.63) is 59.9 Å². The number of carbonyl (C=O) groups is 1. The first-order chi connectivity index (χ1) is 9.18. The Morgan fingerprint density at radius 2 is 1.68 bits per heavy atom. The van der Waals surface area contributed by atoms with Crippen molar-refractivity contribution in [2.45, 2.75) is 6.54 Å². The Bertz CT molecular complexity index is 584. The van der Waals surface area contributed by atoms with Crippen LogP contribution in [0.3, 0.4) is 0 Å². The van der Waals surface area contributed by atoms with Crippen LogP contribution in [-0.4, -0.2) is 12.5 Å². The minimum absolute atomic E-state index is 0.103. The molecule has 0 fully saturated rings. The highest BCUT2D eigenvalue weighted by molar-refractivity contribution is 5.76. The van der Waals surface area contributed by atoms with Gasteiger partial charge in [0.05, 0.1) is 6.54 Å². The molecular formula is C15H15FN2O. The SMILES string of the molecule is NC(=O)CNCc1ccccc1-c1ccccc1F. The number of amides is 1. The molecule has 0 saturated heterocycles. The van der Waals surface area contributed by atoms with Gasteiger partial charge >= 0.3 is 0 Å². The predicted molar refractivity (Wildman–Crippen MR) is 72.7 cm³/mol. The number of halogens is 1. The van der Waals surface area contributed by atoms with E-state index in [1.54, 1.807) is 18.2 Å². The molecule has 0 bridgehead atoms. The summed E-state index contributed by atoms with van der Waals surface area (Å²) in [5.41, 5.74) is 7.37. The Kier molecular flexibility index (Phi) is 4.26. The summed E-state index contributed by atoms with van der Waals surface area (Å²) in [6.45, 7) is 0.569. The van der Waals surface area contributed by atoms with Crippen LogP contribution in [0.25, 0.3) is 11.1 Å². The normalized spacial score (nSPS) is 10.4. The molecule has 0 spiro atoms. The second kappa shape index (κ2) is 6.11. The summed E-state index contributed by atoms with van der Waals surface area (Å²) < 4.78 is 13.8. The first-order valence-corrected chi connectivity index (χ1v) is 6.00. The Morgan fingerprint density at radius 1 is 1.05 bits per heavy atom. The first kappa shape index (κ1) is 13.2. The molecule has 1 amide bonds. The maximum absolute atomic E-state index is 13.8. The standard InChI is InChI=1S/C15H15FN2O/c16-14-8-4-3-7-13(14)12-6-2-1-5-11(12)9-18-10-15(17)19/h1-8,18H,9-10H2,(H2,17,19). The highest BCUT2D eigenvalue weighted by Crippen LogP contribution is 2.25. The van der Waals surface area contributed by atoms with E-state index >= 15 is 0 Å². The number of nitrogens with two attached hydrogens (primary N) is 1. The third-order valence-electron chi connectivity index (χ3n) is 2.80. The number of hydrogen-bond donors (Lipinski definition) is 2. The summed E-state index contributed by atoms with van der Waals surface area (Å²) in [6, 6.07) is 14.1. The lowest BCUT2D eigenvalue weighted by Gasteiger charge is -2.10. The van der Waals surface area contributed by atoms with Gasteiger partial charge in [-0.3, -0.25) is 4.79 Å². The molecule has 0 radical (unpaired) electrons. The molecular weight excluding hydrogens is 243 g/mol. The number of rotatable bonds is 5. The van der Waals surface area contributed by atoms with Gasteiger partial charge in [0, 0.05) is 12.1 Å². The third kappa shape index (κ3) is 3.39. The predicted octanol–water partition coefficient (Wildman–Crippen LogP) is 2.07. The van der Waals surface area contributed by atoms with E-state index in [4.69, 9.17) is 5.73 Å². The highest BCUT2D eigenvalue weighted by Gasteiger charge is 2.08. The Morgan fingerprint density at radius 3 is 2.37 bits per heavy atom. The third-order valence-corrected chi connectivity index (χ3v) is 2.80. The van der Waals surface area contributed by atoms with Crippen molar-refractivity contribution < 1.29 is 9.18 Å². The molecule has 98 valence electrons. The lowest BCUT2D eigenvalue weighted by molar-refractivity contribution is -0.117. The highest BCUT2D eigenvalue weighted by atomic mass is 19.1. The molecule has 0 atom stereocenters. The largest absolute Gasteiger partial charge is 0.369 e. The number of benzene rings is 2. The van der Waals surface area contributed by atoms with E-state index in [2.05, 4.69) is 5.32 Å². The minimum atomic E-state index is -0.414. The summed E-state index contributed by atoms with van der Waals surface area (Å²) in [6.07, 6.45) is 0. The fourth-order valence-electron chi connectivity index (χ4n) is 1.94. The topological polar surface area (TPSA) is 55.1 Å². The van der Waals surface area contributed by atoms with Crippen LogP contribution < -0.4 is 11.1 Å². The molecule has 0 aromatic heterocycles. The molecule has 19 heavy (non-hydrogen) atoms. The Balaban J connectivity index is 2.26. The molecule has 2 aromatic carbocycles. The van der Waals surface area contributed by atoms with Gasteiger partial charge < -0.3 is 11.1 Å². The molecule has 0 aliphatic heterocycles. The van der Waals surface area contributed by atoms with Gasteiger partial charge in [-0.05, 0) is 17.2 Å². The molecule has 0 unspecified atom stereocenters. The van der Waals surface area contributed by atoms with Crippen LogP contribution in [0.1, 0.15) is 5.56 Å². The van der Waals surface area contributed by atoms with Crippen LogP contribution in [-0.2, 0) is 11.3 Å². The van der Waals surface area contributed by atoms with Gasteiger partial charge in [0.25, 0.3) is 0 Å². The molecule has 0 aliphatic rings. The van der Waals surface area contributed by atoms with Gasteiger partial charge in [-0.2, -0.15) is 0 Å². The average molecular weight is 258 g/mol. The Hall–Kier alpha value is -2.20. The van der Waals surface area contributed by atoms with Crippen LogP contribution in [0.2, 0.25) is 0 Å². The summed E-state index contributed by atoms with van der Waals surface area (Å²) >= 11 is 0. The number of carbonyl (C=O) groups excluding carboxylic acids is 1. The summed E-state index contributed by atoms with van der Waals surface area (Å²) in [7, 11) is 0. The van der Waals surface area contributed by atoms with Crippen molar-refractivity contribution in [3.8, 4) is 11.1 Å². The van der Waals surface area contributed by atoms with E-state index in [-0.39, 0.29) is 12.4 Å². The van der Waals surface area contributed by atoms with Crippen molar-refractivity contribution in [1.82, 2.24) is 5.32 Å². The molecule has 2 aromatic rings. The smallest absolute Gasteiger partial charge is 0.231 e. The van der Waals surface area contributed by atoms with Crippen molar-refractivity contribution in [2.24, 2.45) is 5.73 Å². The van der Waals surface area contributed by atoms with E-state index in [9.17, 15) is 9.18 Å². The fourth-order valence-corrected chi connectivity index (χ4v) is 1.94. The van der Waals surface area contributed by atoms with E-state index in [1.165, 1.54) is 6.07 Å². The van der Waals surface area contributed by atoms with Gasteiger partial charge in [-0.1, -0.05) is 42.5 Å². The lowest BCUT2D eigenvalue weighted by Crippen LogP contribution is -2.28. The van der Waals surface area contributed by atoms with Crippen LogP contribution in [0.4, 0.5) is 4.39 Å². The van der Waals surface area contributed by atoms with E-state index in [1.807, 2.05) is 24.3 Å². The van der Waals surface area contributed by atoms with Crippen molar-refractivity contribution in [1.29, 1.82) is 0 Å². The van der Waals surface area contributed by atoms with Crippen molar-refractivity contribution in [3.63, 3.8) is 0 Å². The Labute approximate surface area is 111 Å². The van der Waals surface area contributed by atoms with E-state index in [0.29, 0.717) is 12.1 Å². The molecule has 2 rings (SSSR count). The fraction of sp³-hybridized carbons (Fsp3) is 0.133. The molecule has 3 N–H and O–H groups in total. The summed E-state index contributed by atoms with van der Waals surface area (Å²) in [5.74, 6) is -0.673. The molecule has 0 saturated carbocycles.